The molecular formula is C14H16ClNS. The molecule has 0 aliphatic rings. The highest BCUT2D eigenvalue weighted by molar-refractivity contribution is 7.16. The predicted octanol–water partition coefficient (Wildman–Crippen LogP) is 4.37. The number of rotatable bonds is 2. The van der Waals surface area contributed by atoms with Crippen LogP contribution in [0.4, 0.5) is 0 Å². The first kappa shape index (κ1) is 12.6. The van der Waals surface area contributed by atoms with Crippen molar-refractivity contribution < 1.29 is 0 Å². The summed E-state index contributed by atoms with van der Waals surface area (Å²) in [5.41, 5.74) is 11.1. The summed E-state index contributed by atoms with van der Waals surface area (Å²) in [6.07, 6.45) is 0. The van der Waals surface area contributed by atoms with Gasteiger partial charge in [-0.3, -0.25) is 0 Å². The van der Waals surface area contributed by atoms with Crippen molar-refractivity contribution in [2.75, 3.05) is 0 Å². The molecule has 0 bridgehead atoms. The molecule has 0 spiro atoms. The maximum atomic E-state index is 6.32. The summed E-state index contributed by atoms with van der Waals surface area (Å²) in [5.74, 6) is 0. The third-order valence-corrected chi connectivity index (χ3v) is 4.80. The third kappa shape index (κ3) is 2.39. The molecule has 1 atom stereocenters. The lowest BCUT2D eigenvalue weighted by atomic mass is 9.97. The second-order valence-corrected chi connectivity index (χ2v) is 6.06. The third-order valence-electron chi connectivity index (χ3n) is 3.16. The van der Waals surface area contributed by atoms with E-state index in [9.17, 15) is 0 Å². The van der Waals surface area contributed by atoms with Gasteiger partial charge in [-0.2, -0.15) is 0 Å². The zero-order valence-corrected chi connectivity index (χ0v) is 11.8. The molecule has 0 aliphatic heterocycles. The van der Waals surface area contributed by atoms with Crippen LogP contribution in [0.25, 0.3) is 0 Å². The SMILES string of the molecule is Cc1cc(C(N)c2cccc(C)c2C)sc1Cl. The summed E-state index contributed by atoms with van der Waals surface area (Å²) >= 11 is 7.67. The highest BCUT2D eigenvalue weighted by Gasteiger charge is 2.15. The number of halogens is 1. The van der Waals surface area contributed by atoms with E-state index in [0.717, 1.165) is 14.8 Å². The Morgan fingerprint density at radius 1 is 1.18 bits per heavy atom. The molecule has 1 nitrogen and oxygen atoms in total. The summed E-state index contributed by atoms with van der Waals surface area (Å²) in [6.45, 7) is 6.24. The minimum atomic E-state index is -0.0777. The summed E-state index contributed by atoms with van der Waals surface area (Å²) in [5, 5.41) is 0. The molecule has 1 unspecified atom stereocenters. The van der Waals surface area contributed by atoms with E-state index >= 15 is 0 Å². The van der Waals surface area contributed by atoms with Crippen LogP contribution in [0.1, 0.15) is 33.2 Å². The van der Waals surface area contributed by atoms with E-state index in [-0.39, 0.29) is 6.04 Å². The van der Waals surface area contributed by atoms with Gasteiger partial charge in [0.2, 0.25) is 0 Å². The van der Waals surface area contributed by atoms with Crippen LogP contribution in [0.5, 0.6) is 0 Å². The van der Waals surface area contributed by atoms with Gasteiger partial charge >= 0.3 is 0 Å². The maximum Gasteiger partial charge on any atom is 0.0961 e. The van der Waals surface area contributed by atoms with Crippen molar-refractivity contribution in [3.63, 3.8) is 0 Å². The first-order valence-electron chi connectivity index (χ1n) is 5.58. The molecule has 2 rings (SSSR count). The van der Waals surface area contributed by atoms with Crippen LogP contribution >= 0.6 is 22.9 Å². The fraction of sp³-hybridized carbons (Fsp3) is 0.286. The zero-order valence-electron chi connectivity index (χ0n) is 10.3. The van der Waals surface area contributed by atoms with Gasteiger partial charge in [0, 0.05) is 4.88 Å². The quantitative estimate of drug-likeness (QED) is 0.857. The number of nitrogens with two attached hydrogens (primary N) is 1. The smallest absolute Gasteiger partial charge is 0.0961 e. The minimum Gasteiger partial charge on any atom is -0.320 e. The minimum absolute atomic E-state index is 0.0777. The second-order valence-electron chi connectivity index (χ2n) is 4.37. The molecule has 0 radical (unpaired) electrons. The van der Waals surface area contributed by atoms with Gasteiger partial charge in [-0.05, 0) is 49.1 Å². The van der Waals surface area contributed by atoms with E-state index in [1.807, 2.05) is 6.92 Å². The zero-order chi connectivity index (χ0) is 12.6. The van der Waals surface area contributed by atoms with E-state index in [0.29, 0.717) is 0 Å². The molecule has 0 aliphatic carbocycles. The first-order chi connectivity index (χ1) is 8.00. The number of benzene rings is 1. The lowest BCUT2D eigenvalue weighted by molar-refractivity contribution is 0.878. The second kappa shape index (κ2) is 4.81. The summed E-state index contributed by atoms with van der Waals surface area (Å²) in [7, 11) is 0. The largest absolute Gasteiger partial charge is 0.320 e. The molecule has 90 valence electrons. The molecule has 0 fully saturated rings. The molecule has 1 aromatic carbocycles. The molecule has 3 heteroatoms. The Morgan fingerprint density at radius 2 is 1.88 bits per heavy atom. The van der Waals surface area contributed by atoms with Gasteiger partial charge in [0.15, 0.2) is 0 Å². The standard InChI is InChI=1S/C14H16ClNS/c1-8-5-4-6-11(10(8)3)13(16)12-7-9(2)14(15)17-12/h4-7,13H,16H2,1-3H3. The summed E-state index contributed by atoms with van der Waals surface area (Å²) in [4.78, 5) is 1.13. The molecule has 1 heterocycles. The van der Waals surface area contributed by atoms with Crippen molar-refractivity contribution in [3.8, 4) is 0 Å². The van der Waals surface area contributed by atoms with Crippen LogP contribution in [0.15, 0.2) is 24.3 Å². The fourth-order valence-electron chi connectivity index (χ4n) is 1.90. The van der Waals surface area contributed by atoms with E-state index in [4.69, 9.17) is 17.3 Å². The molecule has 1 aromatic heterocycles. The van der Waals surface area contributed by atoms with Crippen LogP contribution in [0.2, 0.25) is 4.34 Å². The van der Waals surface area contributed by atoms with Gasteiger partial charge in [-0.15, -0.1) is 11.3 Å². The Balaban J connectivity index is 2.43. The van der Waals surface area contributed by atoms with Crippen LogP contribution < -0.4 is 5.73 Å². The fourth-order valence-corrected chi connectivity index (χ4v) is 3.14. The Labute approximate surface area is 111 Å². The molecular weight excluding hydrogens is 250 g/mol. The van der Waals surface area contributed by atoms with Crippen molar-refractivity contribution in [1.29, 1.82) is 0 Å². The van der Waals surface area contributed by atoms with E-state index < -0.39 is 0 Å². The van der Waals surface area contributed by atoms with E-state index in [2.05, 4.69) is 38.1 Å². The molecule has 0 amide bonds. The lowest BCUT2D eigenvalue weighted by Crippen LogP contribution is -2.12. The lowest BCUT2D eigenvalue weighted by Gasteiger charge is -2.14. The van der Waals surface area contributed by atoms with Gasteiger partial charge in [-0.1, -0.05) is 29.8 Å². The van der Waals surface area contributed by atoms with Crippen molar-refractivity contribution in [3.05, 3.63) is 55.7 Å². The number of aryl methyl sites for hydroxylation is 2. The Morgan fingerprint density at radius 3 is 2.47 bits per heavy atom. The molecule has 17 heavy (non-hydrogen) atoms. The monoisotopic (exact) mass is 265 g/mol. The van der Waals surface area contributed by atoms with Crippen LogP contribution in [-0.4, -0.2) is 0 Å². The maximum absolute atomic E-state index is 6.32. The van der Waals surface area contributed by atoms with Crippen LogP contribution in [-0.2, 0) is 0 Å². The first-order valence-corrected chi connectivity index (χ1v) is 6.77. The molecule has 0 saturated carbocycles. The average Bonchev–Trinajstić information content (AvgIpc) is 2.62. The Hall–Kier alpha value is -0.830. The van der Waals surface area contributed by atoms with Gasteiger partial charge < -0.3 is 5.73 Å². The molecule has 2 N–H and O–H groups in total. The molecule has 0 saturated heterocycles. The van der Waals surface area contributed by atoms with Crippen LogP contribution in [0.3, 0.4) is 0 Å². The average molecular weight is 266 g/mol. The van der Waals surface area contributed by atoms with Crippen molar-refractivity contribution in [1.82, 2.24) is 0 Å². The van der Waals surface area contributed by atoms with Crippen molar-refractivity contribution >= 4 is 22.9 Å². The number of thiophene rings is 1. The summed E-state index contributed by atoms with van der Waals surface area (Å²) in [6, 6.07) is 8.26. The van der Waals surface area contributed by atoms with Crippen molar-refractivity contribution in [2.24, 2.45) is 5.73 Å². The van der Waals surface area contributed by atoms with E-state index in [1.54, 1.807) is 11.3 Å². The van der Waals surface area contributed by atoms with Gasteiger partial charge in [-0.25, -0.2) is 0 Å². The topological polar surface area (TPSA) is 26.0 Å². The molecule has 2 aromatic rings. The van der Waals surface area contributed by atoms with Crippen LogP contribution in [0, 0.1) is 20.8 Å². The van der Waals surface area contributed by atoms with Gasteiger partial charge in [0.1, 0.15) is 0 Å². The number of hydrogen-bond acceptors (Lipinski definition) is 2. The Kier molecular flexibility index (Phi) is 3.57. The predicted molar refractivity (Wildman–Crippen MR) is 76.0 cm³/mol. The van der Waals surface area contributed by atoms with E-state index in [1.165, 1.54) is 16.7 Å². The number of hydrogen-bond donors (Lipinski definition) is 1. The van der Waals surface area contributed by atoms with Gasteiger partial charge in [0.05, 0.1) is 10.4 Å². The normalized spacial score (nSPS) is 12.8. The highest BCUT2D eigenvalue weighted by Crippen LogP contribution is 2.34. The Bertz CT molecular complexity index is 526. The van der Waals surface area contributed by atoms with Crippen molar-refractivity contribution in [2.45, 2.75) is 26.8 Å². The summed E-state index contributed by atoms with van der Waals surface area (Å²) < 4.78 is 0.834. The van der Waals surface area contributed by atoms with Gasteiger partial charge in [0.25, 0.3) is 0 Å². The highest BCUT2D eigenvalue weighted by atomic mass is 35.5.